The number of hydrogen-bond acceptors (Lipinski definition) is 4. The second-order valence-electron chi connectivity index (χ2n) is 8.44. The molecule has 1 heterocycles. The minimum atomic E-state index is -0.130. The van der Waals surface area contributed by atoms with Gasteiger partial charge in [0, 0.05) is 0 Å². The Balaban J connectivity index is 1.44. The van der Waals surface area contributed by atoms with Crippen LogP contribution in [-0.2, 0) is 11.4 Å². The van der Waals surface area contributed by atoms with Gasteiger partial charge in [-0.05, 0) is 104 Å². The molecule has 0 unspecified atom stereocenters. The number of nitrogens with one attached hydrogen (secondary N) is 1. The van der Waals surface area contributed by atoms with Gasteiger partial charge in [0.05, 0.1) is 10.6 Å². The summed E-state index contributed by atoms with van der Waals surface area (Å²) in [5.74, 6) is 0.673. The predicted octanol–water partition coefficient (Wildman–Crippen LogP) is 6.70. The molecule has 0 radical (unpaired) electrons. The number of aliphatic imine (C=N–C) groups is 1. The average molecular weight is 457 g/mol. The van der Waals surface area contributed by atoms with Crippen molar-refractivity contribution in [2.24, 2.45) is 4.99 Å². The summed E-state index contributed by atoms with van der Waals surface area (Å²) in [5.41, 5.74) is 9.09. The van der Waals surface area contributed by atoms with Gasteiger partial charge in [0.2, 0.25) is 0 Å². The van der Waals surface area contributed by atoms with E-state index in [-0.39, 0.29) is 5.91 Å². The van der Waals surface area contributed by atoms with Crippen molar-refractivity contribution in [2.45, 2.75) is 41.2 Å². The lowest BCUT2D eigenvalue weighted by Crippen LogP contribution is -2.19. The van der Waals surface area contributed by atoms with Crippen molar-refractivity contribution in [1.29, 1.82) is 0 Å². The molecular formula is C28H28N2O2S. The molecule has 1 N–H and O–H groups in total. The zero-order valence-electron chi connectivity index (χ0n) is 19.7. The van der Waals surface area contributed by atoms with E-state index in [9.17, 15) is 4.79 Å². The van der Waals surface area contributed by atoms with Crippen LogP contribution in [0, 0.1) is 34.6 Å². The van der Waals surface area contributed by atoms with E-state index in [0.29, 0.717) is 16.7 Å². The van der Waals surface area contributed by atoms with Crippen LogP contribution < -0.4 is 10.1 Å². The maximum absolute atomic E-state index is 12.4. The molecule has 33 heavy (non-hydrogen) atoms. The lowest BCUT2D eigenvalue weighted by molar-refractivity contribution is -0.115. The molecule has 3 aromatic carbocycles. The first-order valence-corrected chi connectivity index (χ1v) is 11.8. The smallest absolute Gasteiger partial charge is 0.264 e. The first-order chi connectivity index (χ1) is 15.8. The third-order valence-electron chi connectivity index (χ3n) is 5.85. The van der Waals surface area contributed by atoms with E-state index in [2.05, 4.69) is 56.2 Å². The zero-order chi connectivity index (χ0) is 23.5. The fourth-order valence-corrected chi connectivity index (χ4v) is 4.69. The van der Waals surface area contributed by atoms with E-state index < -0.39 is 0 Å². The van der Waals surface area contributed by atoms with Gasteiger partial charge < -0.3 is 10.1 Å². The molecule has 0 spiro atoms. The first-order valence-electron chi connectivity index (χ1n) is 11.0. The topological polar surface area (TPSA) is 50.7 Å². The number of rotatable bonds is 5. The number of amides is 1. The Hall–Kier alpha value is -3.31. The van der Waals surface area contributed by atoms with Crippen LogP contribution in [0.15, 0.2) is 64.5 Å². The summed E-state index contributed by atoms with van der Waals surface area (Å²) in [6, 6.07) is 18.2. The number of benzene rings is 3. The van der Waals surface area contributed by atoms with Crippen LogP contribution in [0.1, 0.15) is 38.9 Å². The van der Waals surface area contributed by atoms with E-state index in [4.69, 9.17) is 4.74 Å². The van der Waals surface area contributed by atoms with E-state index in [0.717, 1.165) is 22.6 Å². The Morgan fingerprint density at radius 3 is 2.33 bits per heavy atom. The number of thioether (sulfide) groups is 1. The zero-order valence-corrected chi connectivity index (χ0v) is 20.5. The highest BCUT2D eigenvalue weighted by atomic mass is 32.2. The summed E-state index contributed by atoms with van der Waals surface area (Å²) < 4.78 is 6.02. The van der Waals surface area contributed by atoms with Crippen LogP contribution in [0.2, 0.25) is 0 Å². The normalized spacial score (nSPS) is 15.8. The molecule has 0 aromatic heterocycles. The minimum Gasteiger partial charge on any atom is -0.489 e. The van der Waals surface area contributed by atoms with E-state index >= 15 is 0 Å². The number of amidine groups is 1. The quantitative estimate of drug-likeness (QED) is 0.435. The van der Waals surface area contributed by atoms with Crippen molar-refractivity contribution < 1.29 is 9.53 Å². The molecule has 0 saturated carbocycles. The second-order valence-corrected chi connectivity index (χ2v) is 9.47. The minimum absolute atomic E-state index is 0.130. The molecule has 0 aliphatic carbocycles. The lowest BCUT2D eigenvalue weighted by atomic mass is 10.0. The predicted molar refractivity (Wildman–Crippen MR) is 138 cm³/mol. The Morgan fingerprint density at radius 2 is 1.64 bits per heavy atom. The van der Waals surface area contributed by atoms with Gasteiger partial charge in [-0.3, -0.25) is 4.79 Å². The summed E-state index contributed by atoms with van der Waals surface area (Å²) in [4.78, 5) is 17.7. The van der Waals surface area contributed by atoms with Crippen LogP contribution in [-0.4, -0.2) is 11.1 Å². The molecule has 3 aromatic rings. The molecular weight excluding hydrogens is 428 g/mol. The van der Waals surface area contributed by atoms with E-state index in [1.165, 1.54) is 39.6 Å². The molecule has 0 atom stereocenters. The van der Waals surface area contributed by atoms with Crippen molar-refractivity contribution in [3.63, 3.8) is 0 Å². The average Bonchev–Trinajstić information content (AvgIpc) is 3.10. The Labute approximate surface area is 199 Å². The molecule has 168 valence electrons. The number of nitrogens with zero attached hydrogens (tertiary/aromatic N) is 1. The number of carbonyl (C=O) groups is 1. The van der Waals surface area contributed by atoms with Gasteiger partial charge >= 0.3 is 0 Å². The summed E-state index contributed by atoms with van der Waals surface area (Å²) in [7, 11) is 0. The highest BCUT2D eigenvalue weighted by molar-refractivity contribution is 8.18. The van der Waals surface area contributed by atoms with Crippen molar-refractivity contribution in [2.75, 3.05) is 0 Å². The van der Waals surface area contributed by atoms with Crippen molar-refractivity contribution in [1.82, 2.24) is 5.32 Å². The van der Waals surface area contributed by atoms with Crippen LogP contribution >= 0.6 is 11.8 Å². The second kappa shape index (κ2) is 9.67. The van der Waals surface area contributed by atoms with Gasteiger partial charge in [-0.2, -0.15) is 0 Å². The van der Waals surface area contributed by atoms with E-state index in [1.54, 1.807) is 0 Å². The molecule has 1 saturated heterocycles. The molecule has 0 bridgehead atoms. The maximum Gasteiger partial charge on any atom is 0.264 e. The maximum atomic E-state index is 12.4. The molecule has 5 heteroatoms. The first kappa shape index (κ1) is 22.9. The summed E-state index contributed by atoms with van der Waals surface area (Å²) in [6.45, 7) is 11.0. The number of hydrogen-bond donors (Lipinski definition) is 1. The standard InChI is InChI=1S/C28H28N2O2S/c1-17-13-19(3)24(20(4)14-17)16-32-23-11-9-22(10-12-23)15-26-27(31)30-28(33-26)29-25-8-6-7-18(2)21(25)5/h6-15H,16H2,1-5H3,(H,29,30,31)/b26-15-. The number of ether oxygens (including phenoxy) is 1. The van der Waals surface area contributed by atoms with Gasteiger partial charge in [0.1, 0.15) is 12.4 Å². The Bertz CT molecular complexity index is 1250. The number of aryl methyl sites for hydroxylation is 4. The molecule has 4 rings (SSSR count). The summed E-state index contributed by atoms with van der Waals surface area (Å²) in [6.07, 6.45) is 1.88. The van der Waals surface area contributed by atoms with Gasteiger partial charge in [-0.1, -0.05) is 42.0 Å². The van der Waals surface area contributed by atoms with Gasteiger partial charge in [-0.15, -0.1) is 0 Å². The molecule has 1 amide bonds. The van der Waals surface area contributed by atoms with Crippen LogP contribution in [0.25, 0.3) is 6.08 Å². The lowest BCUT2D eigenvalue weighted by Gasteiger charge is -2.13. The largest absolute Gasteiger partial charge is 0.489 e. The summed E-state index contributed by atoms with van der Waals surface area (Å²) >= 11 is 1.36. The van der Waals surface area contributed by atoms with Gasteiger partial charge in [0.15, 0.2) is 5.17 Å². The third-order valence-corrected chi connectivity index (χ3v) is 6.76. The third kappa shape index (κ3) is 5.37. The molecule has 1 aliphatic heterocycles. The van der Waals surface area contributed by atoms with Crippen LogP contribution in [0.5, 0.6) is 5.75 Å². The molecule has 1 aliphatic rings. The van der Waals surface area contributed by atoms with Gasteiger partial charge in [0.25, 0.3) is 5.91 Å². The van der Waals surface area contributed by atoms with Crippen LogP contribution in [0.4, 0.5) is 5.69 Å². The fraction of sp³-hybridized carbons (Fsp3) is 0.214. The van der Waals surface area contributed by atoms with Crippen LogP contribution in [0.3, 0.4) is 0 Å². The van der Waals surface area contributed by atoms with E-state index in [1.807, 2.05) is 49.4 Å². The fourth-order valence-electron chi connectivity index (χ4n) is 3.85. The van der Waals surface area contributed by atoms with Crippen molar-refractivity contribution in [3.05, 3.63) is 98.4 Å². The monoisotopic (exact) mass is 456 g/mol. The Kier molecular flexibility index (Phi) is 6.70. The molecule has 1 fully saturated rings. The number of carbonyl (C=O) groups excluding carboxylic acids is 1. The SMILES string of the molecule is Cc1cc(C)c(COc2ccc(/C=C3\SC(=Nc4cccc(C)c4C)NC3=O)cc2)c(C)c1. The van der Waals surface area contributed by atoms with Crippen molar-refractivity contribution in [3.8, 4) is 5.75 Å². The Morgan fingerprint density at radius 1 is 0.939 bits per heavy atom. The van der Waals surface area contributed by atoms with Crippen molar-refractivity contribution >= 4 is 34.6 Å². The summed E-state index contributed by atoms with van der Waals surface area (Å²) in [5, 5.41) is 3.47. The molecule has 4 nitrogen and oxygen atoms in total. The highest BCUT2D eigenvalue weighted by Crippen LogP contribution is 2.30. The van der Waals surface area contributed by atoms with Gasteiger partial charge in [-0.25, -0.2) is 4.99 Å². The highest BCUT2D eigenvalue weighted by Gasteiger charge is 2.24.